The lowest BCUT2D eigenvalue weighted by atomic mass is 10.3. The molecule has 5 heteroatoms. The van der Waals surface area contributed by atoms with E-state index in [1.165, 1.54) is 0 Å². The molecule has 0 aliphatic rings. The standard InChI is InChI=1S/C11H14N4O/c1-12-7-9-8-13-15(14-9)10-4-3-5-11(6-10)16-2/h3-6,8,12H,7H2,1-2H3. The average Bonchev–Trinajstić information content (AvgIpc) is 2.78. The minimum atomic E-state index is 0.712. The van der Waals surface area contributed by atoms with Crippen LogP contribution in [0.3, 0.4) is 0 Å². The lowest BCUT2D eigenvalue weighted by Gasteiger charge is -2.02. The second-order valence-corrected chi connectivity index (χ2v) is 3.36. The average molecular weight is 218 g/mol. The van der Waals surface area contributed by atoms with Gasteiger partial charge in [0, 0.05) is 12.6 Å². The highest BCUT2D eigenvalue weighted by Gasteiger charge is 2.02. The van der Waals surface area contributed by atoms with E-state index in [1.54, 1.807) is 18.1 Å². The van der Waals surface area contributed by atoms with Crippen molar-refractivity contribution in [1.82, 2.24) is 20.3 Å². The summed E-state index contributed by atoms with van der Waals surface area (Å²) in [7, 11) is 3.52. The summed E-state index contributed by atoms with van der Waals surface area (Å²) in [4.78, 5) is 1.59. The molecule has 0 amide bonds. The highest BCUT2D eigenvalue weighted by Crippen LogP contribution is 2.14. The first-order valence-corrected chi connectivity index (χ1v) is 5.03. The van der Waals surface area contributed by atoms with Crippen molar-refractivity contribution in [3.05, 3.63) is 36.2 Å². The summed E-state index contributed by atoms with van der Waals surface area (Å²) < 4.78 is 5.15. The van der Waals surface area contributed by atoms with Gasteiger partial charge in [-0.2, -0.15) is 15.0 Å². The minimum absolute atomic E-state index is 0.712. The van der Waals surface area contributed by atoms with Crippen molar-refractivity contribution >= 4 is 0 Å². The first-order valence-electron chi connectivity index (χ1n) is 5.03. The van der Waals surface area contributed by atoms with Crippen LogP contribution in [0.4, 0.5) is 0 Å². The zero-order chi connectivity index (χ0) is 11.4. The van der Waals surface area contributed by atoms with Crippen molar-refractivity contribution in [2.75, 3.05) is 14.2 Å². The maximum absolute atomic E-state index is 5.15. The van der Waals surface area contributed by atoms with Gasteiger partial charge in [0.1, 0.15) is 5.75 Å². The maximum atomic E-state index is 5.15. The van der Waals surface area contributed by atoms with Crippen molar-refractivity contribution in [2.45, 2.75) is 6.54 Å². The van der Waals surface area contributed by atoms with Crippen LogP contribution in [0.2, 0.25) is 0 Å². The normalized spacial score (nSPS) is 10.4. The van der Waals surface area contributed by atoms with Gasteiger partial charge in [0.15, 0.2) is 0 Å². The second kappa shape index (κ2) is 4.76. The van der Waals surface area contributed by atoms with Crippen molar-refractivity contribution in [3.63, 3.8) is 0 Å². The van der Waals surface area contributed by atoms with Gasteiger partial charge < -0.3 is 10.1 Å². The first kappa shape index (κ1) is 10.6. The molecule has 2 rings (SSSR count). The zero-order valence-electron chi connectivity index (χ0n) is 9.34. The van der Waals surface area contributed by atoms with Gasteiger partial charge in [0.2, 0.25) is 0 Å². The van der Waals surface area contributed by atoms with E-state index in [-0.39, 0.29) is 0 Å². The highest BCUT2D eigenvalue weighted by atomic mass is 16.5. The minimum Gasteiger partial charge on any atom is -0.497 e. The third-order valence-corrected chi connectivity index (χ3v) is 2.18. The molecule has 0 fully saturated rings. The lowest BCUT2D eigenvalue weighted by molar-refractivity contribution is 0.414. The van der Waals surface area contributed by atoms with Crippen molar-refractivity contribution in [2.24, 2.45) is 0 Å². The number of methoxy groups -OCH3 is 1. The number of nitrogens with one attached hydrogen (secondary N) is 1. The summed E-state index contributed by atoms with van der Waals surface area (Å²) in [5.41, 5.74) is 1.80. The fourth-order valence-corrected chi connectivity index (χ4v) is 1.42. The van der Waals surface area contributed by atoms with Crippen molar-refractivity contribution in [3.8, 4) is 11.4 Å². The van der Waals surface area contributed by atoms with E-state index in [0.29, 0.717) is 6.54 Å². The van der Waals surface area contributed by atoms with Gasteiger partial charge in [-0.1, -0.05) is 6.07 Å². The second-order valence-electron chi connectivity index (χ2n) is 3.36. The molecule has 1 N–H and O–H groups in total. The Balaban J connectivity index is 2.27. The number of hydrogen-bond acceptors (Lipinski definition) is 4. The van der Waals surface area contributed by atoms with E-state index in [2.05, 4.69) is 15.5 Å². The van der Waals surface area contributed by atoms with E-state index in [1.807, 2.05) is 31.3 Å². The van der Waals surface area contributed by atoms with Crippen molar-refractivity contribution < 1.29 is 4.74 Å². The molecular formula is C11H14N4O. The van der Waals surface area contributed by atoms with Crippen LogP contribution >= 0.6 is 0 Å². The van der Waals surface area contributed by atoms with Gasteiger partial charge in [-0.05, 0) is 19.2 Å². The van der Waals surface area contributed by atoms with E-state index in [4.69, 9.17) is 4.74 Å². The monoisotopic (exact) mass is 218 g/mol. The zero-order valence-corrected chi connectivity index (χ0v) is 9.34. The van der Waals surface area contributed by atoms with Crippen LogP contribution in [-0.4, -0.2) is 29.2 Å². The molecule has 0 bridgehead atoms. The molecule has 16 heavy (non-hydrogen) atoms. The number of rotatable bonds is 4. The highest BCUT2D eigenvalue weighted by molar-refractivity contribution is 5.37. The first-order chi connectivity index (χ1) is 7.83. The third kappa shape index (κ3) is 2.20. The number of aromatic nitrogens is 3. The molecular weight excluding hydrogens is 204 g/mol. The summed E-state index contributed by atoms with van der Waals surface area (Å²) in [6.45, 7) is 0.712. The lowest BCUT2D eigenvalue weighted by Crippen LogP contribution is -2.06. The molecule has 1 aromatic carbocycles. The quantitative estimate of drug-likeness (QED) is 0.831. The molecule has 0 aliphatic carbocycles. The molecule has 0 radical (unpaired) electrons. The third-order valence-electron chi connectivity index (χ3n) is 2.18. The number of benzene rings is 1. The van der Waals surface area contributed by atoms with E-state index in [0.717, 1.165) is 17.1 Å². The molecule has 0 saturated heterocycles. The summed E-state index contributed by atoms with van der Waals surface area (Å²) >= 11 is 0. The van der Waals surface area contributed by atoms with Crippen LogP contribution in [-0.2, 0) is 6.54 Å². The molecule has 0 unspecified atom stereocenters. The van der Waals surface area contributed by atoms with E-state index >= 15 is 0 Å². The summed E-state index contributed by atoms with van der Waals surface area (Å²) in [5.74, 6) is 0.796. The Morgan fingerprint density at radius 3 is 3.06 bits per heavy atom. The van der Waals surface area contributed by atoms with Gasteiger partial charge in [0.25, 0.3) is 0 Å². The van der Waals surface area contributed by atoms with Crippen LogP contribution in [0.1, 0.15) is 5.69 Å². The largest absolute Gasteiger partial charge is 0.497 e. The van der Waals surface area contributed by atoms with Crippen LogP contribution in [0, 0.1) is 0 Å². The van der Waals surface area contributed by atoms with Gasteiger partial charge in [-0.3, -0.25) is 0 Å². The molecule has 5 nitrogen and oxygen atoms in total. The van der Waals surface area contributed by atoms with Gasteiger partial charge in [-0.15, -0.1) is 0 Å². The van der Waals surface area contributed by atoms with E-state index in [9.17, 15) is 0 Å². The summed E-state index contributed by atoms with van der Waals surface area (Å²) in [6, 6.07) is 7.63. The molecule has 84 valence electrons. The van der Waals surface area contributed by atoms with Gasteiger partial charge in [0.05, 0.1) is 24.7 Å². The Kier molecular flexibility index (Phi) is 3.16. The SMILES string of the molecule is CNCc1cnn(-c2cccc(OC)c2)n1. The topological polar surface area (TPSA) is 52.0 Å². The number of hydrogen-bond donors (Lipinski definition) is 1. The van der Waals surface area contributed by atoms with Crippen LogP contribution in [0.15, 0.2) is 30.5 Å². The smallest absolute Gasteiger partial charge is 0.121 e. The molecule has 0 aliphatic heterocycles. The Morgan fingerprint density at radius 1 is 1.44 bits per heavy atom. The molecule has 0 spiro atoms. The Hall–Kier alpha value is -1.88. The van der Waals surface area contributed by atoms with Crippen LogP contribution < -0.4 is 10.1 Å². The Labute approximate surface area is 94.0 Å². The maximum Gasteiger partial charge on any atom is 0.121 e. The predicted octanol–water partition coefficient (Wildman–Crippen LogP) is 0.995. The predicted molar refractivity (Wildman–Crippen MR) is 60.7 cm³/mol. The Morgan fingerprint density at radius 2 is 2.31 bits per heavy atom. The number of nitrogens with zero attached hydrogens (tertiary/aromatic N) is 3. The van der Waals surface area contributed by atoms with Crippen molar-refractivity contribution in [1.29, 1.82) is 0 Å². The number of ether oxygens (including phenoxy) is 1. The van der Waals surface area contributed by atoms with Gasteiger partial charge >= 0.3 is 0 Å². The molecule has 1 heterocycles. The fourth-order valence-electron chi connectivity index (χ4n) is 1.42. The summed E-state index contributed by atoms with van der Waals surface area (Å²) in [6.07, 6.45) is 1.75. The fraction of sp³-hybridized carbons (Fsp3) is 0.273. The summed E-state index contributed by atoms with van der Waals surface area (Å²) in [5, 5.41) is 11.6. The molecule has 0 saturated carbocycles. The molecule has 0 atom stereocenters. The van der Waals surface area contributed by atoms with Crippen LogP contribution in [0.25, 0.3) is 5.69 Å². The van der Waals surface area contributed by atoms with Gasteiger partial charge in [-0.25, -0.2) is 0 Å². The molecule has 2 aromatic rings. The Bertz CT molecular complexity index is 467. The van der Waals surface area contributed by atoms with E-state index < -0.39 is 0 Å². The molecule has 1 aromatic heterocycles. The van der Waals surface area contributed by atoms with Crippen LogP contribution in [0.5, 0.6) is 5.75 Å².